The largest absolute Gasteiger partial charge is 0.481 e. The van der Waals surface area contributed by atoms with Gasteiger partial charge >= 0.3 is 11.9 Å². The molecule has 1 N–H and O–H groups in total. The Morgan fingerprint density at radius 2 is 2.33 bits per heavy atom. The minimum Gasteiger partial charge on any atom is -0.481 e. The van der Waals surface area contributed by atoms with E-state index in [1.807, 2.05) is 0 Å². The number of fused-ring (bicyclic) bond motifs is 2. The minimum absolute atomic E-state index is 0.316. The van der Waals surface area contributed by atoms with Crippen molar-refractivity contribution in [3.63, 3.8) is 0 Å². The van der Waals surface area contributed by atoms with E-state index < -0.39 is 23.8 Å². The molecule has 4 nitrogen and oxygen atoms in total. The fraction of sp³-hybridized carbons (Fsp3) is 0.500. The van der Waals surface area contributed by atoms with Gasteiger partial charge in [0, 0.05) is 6.42 Å². The van der Waals surface area contributed by atoms with Crippen LogP contribution in [-0.4, -0.2) is 23.1 Å². The van der Waals surface area contributed by atoms with Crippen LogP contribution in [0.25, 0.3) is 0 Å². The molecule has 0 aromatic rings. The fourth-order valence-corrected chi connectivity index (χ4v) is 1.67. The van der Waals surface area contributed by atoms with Crippen LogP contribution in [0, 0.1) is 11.8 Å². The number of rotatable bonds is 1. The summed E-state index contributed by atoms with van der Waals surface area (Å²) >= 11 is 0. The molecule has 2 bridgehead atoms. The maximum atomic E-state index is 11.0. The summed E-state index contributed by atoms with van der Waals surface area (Å²) in [6, 6.07) is 0. The van der Waals surface area contributed by atoms with E-state index in [9.17, 15) is 9.59 Å². The highest BCUT2D eigenvalue weighted by Gasteiger charge is 2.43. The molecule has 0 amide bonds. The van der Waals surface area contributed by atoms with Crippen LogP contribution in [0.3, 0.4) is 0 Å². The van der Waals surface area contributed by atoms with Crippen LogP contribution in [0.4, 0.5) is 0 Å². The first-order valence-corrected chi connectivity index (χ1v) is 3.80. The second kappa shape index (κ2) is 2.33. The van der Waals surface area contributed by atoms with Crippen LogP contribution < -0.4 is 0 Å². The lowest BCUT2D eigenvalue weighted by Crippen LogP contribution is -2.43. The molecule has 3 rings (SSSR count). The Bertz CT molecular complexity index is 268. The topological polar surface area (TPSA) is 63.6 Å². The monoisotopic (exact) mass is 168 g/mol. The highest BCUT2D eigenvalue weighted by molar-refractivity contribution is 5.85. The number of aliphatic carboxylic acids is 1. The molecule has 4 heteroatoms. The Hall–Kier alpha value is -1.32. The van der Waals surface area contributed by atoms with Gasteiger partial charge in [-0.25, -0.2) is 0 Å². The molecule has 1 aliphatic carbocycles. The molecule has 0 aromatic heterocycles. The van der Waals surface area contributed by atoms with Crippen molar-refractivity contribution in [2.24, 2.45) is 11.8 Å². The lowest BCUT2D eigenvalue weighted by Gasteiger charge is -2.34. The first-order valence-electron chi connectivity index (χ1n) is 3.80. The van der Waals surface area contributed by atoms with E-state index in [-0.39, 0.29) is 6.10 Å². The van der Waals surface area contributed by atoms with Crippen molar-refractivity contribution in [1.82, 2.24) is 0 Å². The van der Waals surface area contributed by atoms with Gasteiger partial charge in [0.15, 0.2) is 0 Å². The summed E-state index contributed by atoms with van der Waals surface area (Å²) in [6.45, 7) is 0. The zero-order chi connectivity index (χ0) is 8.72. The van der Waals surface area contributed by atoms with E-state index in [4.69, 9.17) is 9.84 Å². The van der Waals surface area contributed by atoms with Crippen molar-refractivity contribution in [2.75, 3.05) is 0 Å². The Kier molecular flexibility index (Phi) is 1.43. The molecule has 12 heavy (non-hydrogen) atoms. The summed E-state index contributed by atoms with van der Waals surface area (Å²) in [5.74, 6) is -2.46. The van der Waals surface area contributed by atoms with Gasteiger partial charge in [-0.2, -0.15) is 0 Å². The molecule has 0 spiro atoms. The molecular weight excluding hydrogens is 160 g/mol. The van der Waals surface area contributed by atoms with Crippen molar-refractivity contribution in [3.8, 4) is 0 Å². The molecule has 3 unspecified atom stereocenters. The van der Waals surface area contributed by atoms with Gasteiger partial charge in [0.1, 0.15) is 6.10 Å². The average Bonchev–Trinajstić information content (AvgIpc) is 2.04. The number of carbonyl (C=O) groups is 2. The van der Waals surface area contributed by atoms with E-state index in [1.54, 1.807) is 12.2 Å². The number of carboxylic acid groups (broad SMARTS) is 1. The van der Waals surface area contributed by atoms with E-state index in [1.165, 1.54) is 0 Å². The third-order valence-electron chi connectivity index (χ3n) is 2.31. The van der Waals surface area contributed by atoms with Gasteiger partial charge in [-0.1, -0.05) is 6.08 Å². The Labute approximate surface area is 68.8 Å². The van der Waals surface area contributed by atoms with Crippen LogP contribution in [0.1, 0.15) is 6.42 Å². The highest BCUT2D eigenvalue weighted by Crippen LogP contribution is 2.33. The van der Waals surface area contributed by atoms with E-state index in [0.717, 1.165) is 0 Å². The second-order valence-electron chi connectivity index (χ2n) is 3.07. The summed E-state index contributed by atoms with van der Waals surface area (Å²) in [6.07, 6.45) is 3.50. The first kappa shape index (κ1) is 7.34. The van der Waals surface area contributed by atoms with Crippen LogP contribution >= 0.6 is 0 Å². The smallest absolute Gasteiger partial charge is 0.314 e. The van der Waals surface area contributed by atoms with Gasteiger partial charge in [0.2, 0.25) is 0 Å². The third-order valence-corrected chi connectivity index (χ3v) is 2.31. The van der Waals surface area contributed by atoms with E-state index in [0.29, 0.717) is 6.42 Å². The average molecular weight is 168 g/mol. The number of hydrogen-bond acceptors (Lipinski definition) is 3. The van der Waals surface area contributed by atoms with Gasteiger partial charge in [-0.3, -0.25) is 9.59 Å². The number of esters is 1. The van der Waals surface area contributed by atoms with E-state index >= 15 is 0 Å². The lowest BCUT2D eigenvalue weighted by atomic mass is 9.80. The SMILES string of the molecule is O=C1OC2C=CC1C(C(=O)O)C2. The summed E-state index contributed by atoms with van der Waals surface area (Å²) in [4.78, 5) is 21.7. The van der Waals surface area contributed by atoms with E-state index in [2.05, 4.69) is 0 Å². The molecule has 3 aliphatic rings. The predicted molar refractivity (Wildman–Crippen MR) is 38.3 cm³/mol. The summed E-state index contributed by atoms with van der Waals surface area (Å²) in [7, 11) is 0. The lowest BCUT2D eigenvalue weighted by molar-refractivity contribution is -0.168. The summed E-state index contributed by atoms with van der Waals surface area (Å²) in [5.41, 5.74) is 0. The molecular formula is C8H8O4. The van der Waals surface area contributed by atoms with Crippen LogP contribution in [-0.2, 0) is 14.3 Å². The maximum absolute atomic E-state index is 11.0. The number of ether oxygens (including phenoxy) is 1. The van der Waals surface area contributed by atoms with Gasteiger partial charge in [0.25, 0.3) is 0 Å². The van der Waals surface area contributed by atoms with Crippen molar-refractivity contribution >= 4 is 11.9 Å². The molecule has 2 aliphatic heterocycles. The Morgan fingerprint density at radius 3 is 2.75 bits per heavy atom. The summed E-state index contributed by atoms with van der Waals surface area (Å²) < 4.78 is 4.88. The maximum Gasteiger partial charge on any atom is 0.314 e. The Morgan fingerprint density at radius 1 is 1.58 bits per heavy atom. The number of carboxylic acids is 1. The minimum atomic E-state index is -0.911. The Balaban J connectivity index is 2.28. The zero-order valence-corrected chi connectivity index (χ0v) is 6.27. The molecule has 0 saturated carbocycles. The molecule has 0 aromatic carbocycles. The second-order valence-corrected chi connectivity index (χ2v) is 3.07. The van der Waals surface area contributed by atoms with Gasteiger partial charge in [-0.05, 0) is 6.08 Å². The van der Waals surface area contributed by atoms with Crippen LogP contribution in [0.2, 0.25) is 0 Å². The molecule has 2 heterocycles. The van der Waals surface area contributed by atoms with Gasteiger partial charge < -0.3 is 9.84 Å². The van der Waals surface area contributed by atoms with Crippen molar-refractivity contribution in [3.05, 3.63) is 12.2 Å². The standard InChI is InChI=1S/C8H8O4/c9-7(10)6-3-4-1-2-5(6)8(11)12-4/h1-2,4-6H,3H2,(H,9,10). The normalized spacial score (nSPS) is 38.0. The quantitative estimate of drug-likeness (QED) is 0.448. The van der Waals surface area contributed by atoms with Crippen LogP contribution in [0.15, 0.2) is 12.2 Å². The zero-order valence-electron chi connectivity index (χ0n) is 6.27. The first-order chi connectivity index (χ1) is 5.68. The third kappa shape index (κ3) is 0.913. The van der Waals surface area contributed by atoms with Gasteiger partial charge in [0.05, 0.1) is 11.8 Å². The van der Waals surface area contributed by atoms with Crippen LogP contribution in [0.5, 0.6) is 0 Å². The number of carbonyl (C=O) groups excluding carboxylic acids is 1. The molecule has 64 valence electrons. The molecule has 1 fully saturated rings. The molecule has 0 radical (unpaired) electrons. The van der Waals surface area contributed by atoms with Gasteiger partial charge in [-0.15, -0.1) is 0 Å². The fourth-order valence-electron chi connectivity index (χ4n) is 1.67. The highest BCUT2D eigenvalue weighted by atomic mass is 16.5. The molecule has 1 saturated heterocycles. The van der Waals surface area contributed by atoms with Crippen molar-refractivity contribution < 1.29 is 19.4 Å². The molecule has 3 atom stereocenters. The number of hydrogen-bond donors (Lipinski definition) is 1. The van der Waals surface area contributed by atoms with Crippen molar-refractivity contribution in [1.29, 1.82) is 0 Å². The van der Waals surface area contributed by atoms with Crippen molar-refractivity contribution in [2.45, 2.75) is 12.5 Å². The predicted octanol–water partition coefficient (Wildman–Crippen LogP) is 0.189. The summed E-state index contributed by atoms with van der Waals surface area (Å²) in [5, 5.41) is 8.74.